The second kappa shape index (κ2) is 12.8. The summed E-state index contributed by atoms with van der Waals surface area (Å²) in [4.78, 5) is 39.2. The topological polar surface area (TPSA) is 75.6 Å². The summed E-state index contributed by atoms with van der Waals surface area (Å²) in [7, 11) is 5.30. The molecule has 1 aliphatic rings. The molecule has 0 bridgehead atoms. The van der Waals surface area contributed by atoms with Crippen LogP contribution in [-0.4, -0.2) is 43.0 Å². The van der Waals surface area contributed by atoms with Crippen molar-refractivity contribution in [2.24, 2.45) is 5.92 Å². The van der Waals surface area contributed by atoms with Crippen molar-refractivity contribution in [3.63, 3.8) is 0 Å². The van der Waals surface area contributed by atoms with Crippen LogP contribution in [0.4, 0.5) is 11.6 Å². The van der Waals surface area contributed by atoms with Crippen LogP contribution in [0.3, 0.4) is 0 Å². The second-order valence-electron chi connectivity index (χ2n) is 10.7. The van der Waals surface area contributed by atoms with Gasteiger partial charge < -0.3 is 9.64 Å². The van der Waals surface area contributed by atoms with Crippen molar-refractivity contribution in [1.29, 1.82) is 0 Å². The zero-order chi connectivity index (χ0) is 28.8. The van der Waals surface area contributed by atoms with Crippen LogP contribution < -0.4 is 9.80 Å². The Morgan fingerprint density at radius 3 is 2.34 bits per heavy atom. The highest BCUT2D eigenvalue weighted by Crippen LogP contribution is 2.31. The van der Waals surface area contributed by atoms with Crippen molar-refractivity contribution in [2.45, 2.75) is 38.6 Å². The number of rotatable bonds is 8. The highest BCUT2D eigenvalue weighted by molar-refractivity contribution is 5.98. The van der Waals surface area contributed by atoms with Gasteiger partial charge in [-0.1, -0.05) is 61.7 Å². The molecular weight excluding hydrogens is 512 g/mol. The van der Waals surface area contributed by atoms with E-state index in [1.54, 1.807) is 6.08 Å². The number of benzene rings is 2. The Balaban J connectivity index is 1.49. The third-order valence-corrected chi connectivity index (χ3v) is 7.67. The van der Waals surface area contributed by atoms with Crippen molar-refractivity contribution in [3.8, 4) is 11.1 Å². The summed E-state index contributed by atoms with van der Waals surface area (Å²) in [5, 5.41) is 0.903. The molecule has 0 saturated heterocycles. The number of para-hydroxylation sites is 1. The number of nitrogens with zero attached hydrogens (tertiary/aromatic N) is 4. The van der Waals surface area contributed by atoms with Crippen LogP contribution in [0.15, 0.2) is 79.0 Å². The molecule has 1 fully saturated rings. The van der Waals surface area contributed by atoms with Crippen LogP contribution in [0.5, 0.6) is 0 Å². The fraction of sp³-hybridized carbons (Fsp3) is 0.294. The number of hydrogen-bond acceptors (Lipinski definition) is 6. The molecule has 1 amide bonds. The number of fused-ring (bicyclic) bond motifs is 1. The molecule has 0 N–H and O–H groups in total. The minimum absolute atomic E-state index is 0.0216. The van der Waals surface area contributed by atoms with Gasteiger partial charge in [-0.15, -0.1) is 0 Å². The maximum absolute atomic E-state index is 14.0. The second-order valence-corrected chi connectivity index (χ2v) is 10.7. The van der Waals surface area contributed by atoms with Crippen molar-refractivity contribution in [1.82, 2.24) is 9.97 Å². The first-order chi connectivity index (χ1) is 19.9. The largest absolute Gasteiger partial charge is 0.466 e. The smallest absolute Gasteiger partial charge is 0.330 e. The number of carbonyl (C=O) groups excluding carboxylic acids is 2. The van der Waals surface area contributed by atoms with Crippen LogP contribution in [0.25, 0.3) is 28.1 Å². The van der Waals surface area contributed by atoms with Gasteiger partial charge in [0.25, 0.3) is 0 Å². The highest BCUT2D eigenvalue weighted by Gasteiger charge is 2.28. The standard InChI is InChI=1S/C34H36N4O3/c1-37(2)31-19-17-28(22-35-31)25-15-13-24(14-16-25)23-38(34(40)26-9-5-4-6-10-26)32-21-27(18-20-33(39)41-3)29-11-7-8-12-30(29)36-32/h7-8,11-22,26H,4-6,9-10,23H2,1-3H3/b20-18+. The number of hydrogen-bond donors (Lipinski definition) is 0. The molecule has 2 heterocycles. The lowest BCUT2D eigenvalue weighted by atomic mass is 9.88. The molecule has 1 aliphatic carbocycles. The molecule has 7 nitrogen and oxygen atoms in total. The molecule has 1 saturated carbocycles. The monoisotopic (exact) mass is 548 g/mol. The van der Waals surface area contributed by atoms with Crippen molar-refractivity contribution in [2.75, 3.05) is 31.0 Å². The minimum atomic E-state index is -0.436. The number of ether oxygens (including phenoxy) is 1. The molecule has 4 aromatic rings. The molecule has 0 aliphatic heterocycles. The summed E-state index contributed by atoms with van der Waals surface area (Å²) in [6.07, 6.45) is 10.1. The first-order valence-electron chi connectivity index (χ1n) is 14.1. The molecular formula is C34H36N4O3. The lowest BCUT2D eigenvalue weighted by molar-refractivity contribution is -0.134. The van der Waals surface area contributed by atoms with E-state index in [0.717, 1.165) is 64.7 Å². The van der Waals surface area contributed by atoms with E-state index in [1.807, 2.05) is 66.5 Å². The first kappa shape index (κ1) is 28.0. The Morgan fingerprint density at radius 2 is 1.66 bits per heavy atom. The average molecular weight is 549 g/mol. The maximum Gasteiger partial charge on any atom is 0.330 e. The maximum atomic E-state index is 14.0. The Labute approximate surface area is 241 Å². The van der Waals surface area contributed by atoms with Gasteiger partial charge in [0.2, 0.25) is 5.91 Å². The summed E-state index contributed by atoms with van der Waals surface area (Å²) < 4.78 is 4.80. The molecule has 0 unspecified atom stereocenters. The molecule has 210 valence electrons. The molecule has 2 aromatic carbocycles. The Hall–Kier alpha value is -4.52. The van der Waals surface area contributed by atoms with E-state index in [0.29, 0.717) is 12.4 Å². The van der Waals surface area contributed by atoms with Gasteiger partial charge in [0, 0.05) is 43.2 Å². The third kappa shape index (κ3) is 6.62. The van der Waals surface area contributed by atoms with Crippen molar-refractivity contribution in [3.05, 3.63) is 90.1 Å². The minimum Gasteiger partial charge on any atom is -0.466 e. The zero-order valence-corrected chi connectivity index (χ0v) is 23.9. The number of esters is 1. The van der Waals surface area contributed by atoms with Gasteiger partial charge in [0.1, 0.15) is 11.6 Å². The van der Waals surface area contributed by atoms with Crippen LogP contribution in [0.1, 0.15) is 43.2 Å². The van der Waals surface area contributed by atoms with Gasteiger partial charge in [-0.2, -0.15) is 0 Å². The van der Waals surface area contributed by atoms with Crippen LogP contribution >= 0.6 is 0 Å². The van der Waals surface area contributed by atoms with E-state index < -0.39 is 5.97 Å². The fourth-order valence-electron chi connectivity index (χ4n) is 5.34. The summed E-state index contributed by atoms with van der Waals surface area (Å²) in [5.41, 5.74) is 4.69. The van der Waals surface area contributed by atoms with Crippen LogP contribution in [0, 0.1) is 5.92 Å². The molecule has 2 aromatic heterocycles. The number of carbonyl (C=O) groups is 2. The lowest BCUT2D eigenvalue weighted by Gasteiger charge is -2.29. The van der Waals surface area contributed by atoms with E-state index in [-0.39, 0.29) is 11.8 Å². The Kier molecular flexibility index (Phi) is 8.73. The third-order valence-electron chi connectivity index (χ3n) is 7.67. The number of anilines is 2. The summed E-state index contributed by atoms with van der Waals surface area (Å²) in [6, 6.07) is 22.0. The highest BCUT2D eigenvalue weighted by atomic mass is 16.5. The normalized spacial score (nSPS) is 13.8. The van der Waals surface area contributed by atoms with E-state index in [9.17, 15) is 9.59 Å². The van der Waals surface area contributed by atoms with Gasteiger partial charge in [0.15, 0.2) is 0 Å². The molecule has 0 radical (unpaired) electrons. The first-order valence-corrected chi connectivity index (χ1v) is 14.1. The van der Waals surface area contributed by atoms with Crippen LogP contribution in [-0.2, 0) is 20.9 Å². The predicted octanol–water partition coefficient (Wildman–Crippen LogP) is 6.66. The molecule has 0 spiro atoms. The SMILES string of the molecule is COC(=O)/C=C/c1cc(N(Cc2ccc(-c3ccc(N(C)C)nc3)cc2)C(=O)C2CCCCC2)nc2ccccc12. The Bertz CT molecular complexity index is 1540. The van der Waals surface area contributed by atoms with Gasteiger partial charge in [-0.3, -0.25) is 9.69 Å². The van der Waals surface area contributed by atoms with E-state index in [4.69, 9.17) is 9.72 Å². The van der Waals surface area contributed by atoms with Crippen LogP contribution in [0.2, 0.25) is 0 Å². The summed E-state index contributed by atoms with van der Waals surface area (Å²) >= 11 is 0. The Morgan fingerprint density at radius 1 is 0.927 bits per heavy atom. The predicted molar refractivity (Wildman–Crippen MR) is 165 cm³/mol. The lowest BCUT2D eigenvalue weighted by Crippen LogP contribution is -2.37. The van der Waals surface area contributed by atoms with E-state index >= 15 is 0 Å². The number of amides is 1. The molecule has 7 heteroatoms. The fourth-order valence-corrected chi connectivity index (χ4v) is 5.34. The van der Waals surface area contributed by atoms with Gasteiger partial charge >= 0.3 is 5.97 Å². The molecule has 0 atom stereocenters. The molecule has 41 heavy (non-hydrogen) atoms. The van der Waals surface area contributed by atoms with Crippen molar-refractivity contribution >= 4 is 40.5 Å². The zero-order valence-electron chi connectivity index (χ0n) is 23.9. The number of methoxy groups -OCH3 is 1. The number of pyridine rings is 2. The van der Waals surface area contributed by atoms with Crippen molar-refractivity contribution < 1.29 is 14.3 Å². The number of aromatic nitrogens is 2. The quantitative estimate of drug-likeness (QED) is 0.181. The summed E-state index contributed by atoms with van der Waals surface area (Å²) in [5.74, 6) is 1.13. The van der Waals surface area contributed by atoms with Gasteiger partial charge in [-0.05, 0) is 59.9 Å². The van der Waals surface area contributed by atoms with Gasteiger partial charge in [-0.25, -0.2) is 14.8 Å². The summed E-state index contributed by atoms with van der Waals surface area (Å²) in [6.45, 7) is 0.402. The molecule has 5 rings (SSSR count). The van der Waals surface area contributed by atoms with E-state index in [1.165, 1.54) is 19.6 Å². The van der Waals surface area contributed by atoms with Gasteiger partial charge in [0.05, 0.1) is 19.2 Å². The van der Waals surface area contributed by atoms with E-state index in [2.05, 4.69) is 35.3 Å². The average Bonchev–Trinajstić information content (AvgIpc) is 3.02.